The summed E-state index contributed by atoms with van der Waals surface area (Å²) in [5, 5.41) is 8.92. The molecule has 19 heavy (non-hydrogen) atoms. The first-order valence-corrected chi connectivity index (χ1v) is 5.08. The Hall–Kier alpha value is -2.37. The number of hydrogen-bond acceptors (Lipinski definition) is 1. The maximum atomic E-state index is 13.6. The van der Waals surface area contributed by atoms with Crippen molar-refractivity contribution < 1.29 is 27.5 Å². The van der Waals surface area contributed by atoms with E-state index in [0.29, 0.717) is 6.07 Å². The van der Waals surface area contributed by atoms with Gasteiger partial charge in [0.25, 0.3) is 0 Å². The zero-order valence-electron chi connectivity index (χ0n) is 9.25. The van der Waals surface area contributed by atoms with E-state index in [2.05, 4.69) is 0 Å². The van der Waals surface area contributed by atoms with Gasteiger partial charge in [-0.1, -0.05) is 0 Å². The predicted molar refractivity (Wildman–Crippen MR) is 58.7 cm³/mol. The van der Waals surface area contributed by atoms with Crippen LogP contribution in [0, 0.1) is 23.3 Å². The molecular weight excluding hydrogens is 264 g/mol. The average molecular weight is 270 g/mol. The van der Waals surface area contributed by atoms with Crippen LogP contribution in [0.15, 0.2) is 30.3 Å². The van der Waals surface area contributed by atoms with Gasteiger partial charge in [-0.05, 0) is 24.3 Å². The molecule has 0 spiro atoms. The molecule has 2 nitrogen and oxygen atoms in total. The van der Waals surface area contributed by atoms with Gasteiger partial charge in [0.15, 0.2) is 11.6 Å². The van der Waals surface area contributed by atoms with Gasteiger partial charge in [0.2, 0.25) is 0 Å². The van der Waals surface area contributed by atoms with E-state index in [1.54, 1.807) is 0 Å². The summed E-state index contributed by atoms with van der Waals surface area (Å²) in [5.41, 5.74) is -1.29. The molecule has 2 rings (SSSR count). The van der Waals surface area contributed by atoms with Crippen molar-refractivity contribution in [3.8, 4) is 11.1 Å². The summed E-state index contributed by atoms with van der Waals surface area (Å²) in [7, 11) is 0. The fourth-order valence-electron chi connectivity index (χ4n) is 1.65. The Balaban J connectivity index is 2.74. The Morgan fingerprint density at radius 1 is 0.842 bits per heavy atom. The second-order valence-corrected chi connectivity index (χ2v) is 3.74. The fourth-order valence-corrected chi connectivity index (χ4v) is 1.65. The lowest BCUT2D eigenvalue weighted by Crippen LogP contribution is -2.02. The number of carboxylic acids is 1. The number of rotatable bonds is 2. The third-order valence-electron chi connectivity index (χ3n) is 2.51. The van der Waals surface area contributed by atoms with Gasteiger partial charge < -0.3 is 5.11 Å². The molecule has 0 saturated heterocycles. The molecule has 2 aromatic carbocycles. The highest BCUT2D eigenvalue weighted by molar-refractivity contribution is 5.96. The van der Waals surface area contributed by atoms with Gasteiger partial charge in [0.1, 0.15) is 11.6 Å². The van der Waals surface area contributed by atoms with Crippen LogP contribution >= 0.6 is 0 Å². The molecule has 0 heterocycles. The summed E-state index contributed by atoms with van der Waals surface area (Å²) in [6.07, 6.45) is 0. The van der Waals surface area contributed by atoms with Crippen LogP contribution in [0.4, 0.5) is 17.6 Å². The standard InChI is InChI=1S/C13H6F4O2/c14-6-1-2-7(13(18)19)8(3-6)9-4-11(16)12(17)5-10(9)15/h1-5H,(H,18,19). The molecule has 6 heteroatoms. The van der Waals surface area contributed by atoms with Gasteiger partial charge in [-0.3, -0.25) is 0 Å². The Bertz CT molecular complexity index is 668. The number of hydrogen-bond donors (Lipinski definition) is 1. The lowest BCUT2D eigenvalue weighted by Gasteiger charge is -2.08. The van der Waals surface area contributed by atoms with E-state index in [-0.39, 0.29) is 11.6 Å². The lowest BCUT2D eigenvalue weighted by atomic mass is 9.99. The smallest absolute Gasteiger partial charge is 0.336 e. The number of carboxylic acid groups (broad SMARTS) is 1. The summed E-state index contributed by atoms with van der Waals surface area (Å²) in [5.74, 6) is -6.18. The highest BCUT2D eigenvalue weighted by atomic mass is 19.2. The number of benzene rings is 2. The van der Waals surface area contributed by atoms with Crippen molar-refractivity contribution >= 4 is 5.97 Å². The van der Waals surface area contributed by atoms with Crippen LogP contribution in [0.2, 0.25) is 0 Å². The van der Waals surface area contributed by atoms with Crippen LogP contribution in [-0.4, -0.2) is 11.1 Å². The van der Waals surface area contributed by atoms with Crippen LogP contribution in [0.25, 0.3) is 11.1 Å². The van der Waals surface area contributed by atoms with Crippen molar-refractivity contribution in [3.63, 3.8) is 0 Å². The second kappa shape index (κ2) is 4.72. The third kappa shape index (κ3) is 2.42. The van der Waals surface area contributed by atoms with Crippen LogP contribution in [0.1, 0.15) is 10.4 Å². The zero-order valence-corrected chi connectivity index (χ0v) is 9.25. The first-order valence-electron chi connectivity index (χ1n) is 5.08. The van der Waals surface area contributed by atoms with Gasteiger partial charge in [0, 0.05) is 17.2 Å². The largest absolute Gasteiger partial charge is 0.478 e. The van der Waals surface area contributed by atoms with Gasteiger partial charge in [-0.15, -0.1) is 0 Å². The van der Waals surface area contributed by atoms with Gasteiger partial charge in [0.05, 0.1) is 5.56 Å². The van der Waals surface area contributed by atoms with Crippen molar-refractivity contribution in [3.05, 3.63) is 59.2 Å². The summed E-state index contributed by atoms with van der Waals surface area (Å²) < 4.78 is 52.6. The molecule has 0 unspecified atom stereocenters. The average Bonchev–Trinajstić information content (AvgIpc) is 2.33. The van der Waals surface area contributed by atoms with Crippen LogP contribution in [0.3, 0.4) is 0 Å². The normalized spacial score (nSPS) is 10.5. The first kappa shape index (κ1) is 13.1. The monoisotopic (exact) mass is 270 g/mol. The van der Waals surface area contributed by atoms with E-state index < -0.39 is 40.4 Å². The van der Waals surface area contributed by atoms with Crippen LogP contribution in [0.5, 0.6) is 0 Å². The molecule has 0 radical (unpaired) electrons. The van der Waals surface area contributed by atoms with E-state index >= 15 is 0 Å². The molecule has 0 aromatic heterocycles. The topological polar surface area (TPSA) is 37.3 Å². The maximum Gasteiger partial charge on any atom is 0.336 e. The molecule has 0 aliphatic carbocycles. The number of aromatic carboxylic acids is 1. The molecule has 1 N–H and O–H groups in total. The Labute approximate surface area is 104 Å². The molecule has 0 bridgehead atoms. The van der Waals surface area contributed by atoms with Gasteiger partial charge in [-0.25, -0.2) is 22.4 Å². The van der Waals surface area contributed by atoms with Crippen molar-refractivity contribution in [2.75, 3.05) is 0 Å². The lowest BCUT2D eigenvalue weighted by molar-refractivity contribution is 0.0697. The fraction of sp³-hybridized carbons (Fsp3) is 0. The van der Waals surface area contributed by atoms with Crippen molar-refractivity contribution in [2.45, 2.75) is 0 Å². The molecule has 0 amide bonds. The van der Waals surface area contributed by atoms with Gasteiger partial charge >= 0.3 is 5.97 Å². The van der Waals surface area contributed by atoms with Crippen molar-refractivity contribution in [1.29, 1.82) is 0 Å². The van der Waals surface area contributed by atoms with E-state index in [1.165, 1.54) is 0 Å². The minimum atomic E-state index is -1.43. The Morgan fingerprint density at radius 3 is 2.11 bits per heavy atom. The first-order chi connectivity index (χ1) is 8.90. The zero-order chi connectivity index (χ0) is 14.2. The summed E-state index contributed by atoms with van der Waals surface area (Å²) >= 11 is 0. The van der Waals surface area contributed by atoms with Crippen LogP contribution < -0.4 is 0 Å². The van der Waals surface area contributed by atoms with E-state index in [4.69, 9.17) is 5.11 Å². The highest BCUT2D eigenvalue weighted by Gasteiger charge is 2.18. The van der Waals surface area contributed by atoms with Crippen LogP contribution in [-0.2, 0) is 0 Å². The molecule has 0 aliphatic heterocycles. The third-order valence-corrected chi connectivity index (χ3v) is 2.51. The summed E-state index contributed by atoms with van der Waals surface area (Å²) in [6.45, 7) is 0. The summed E-state index contributed by atoms with van der Waals surface area (Å²) in [4.78, 5) is 11.0. The number of halogens is 4. The predicted octanol–water partition coefficient (Wildman–Crippen LogP) is 3.61. The van der Waals surface area contributed by atoms with E-state index in [1.807, 2.05) is 0 Å². The molecular formula is C13H6F4O2. The quantitative estimate of drug-likeness (QED) is 0.668. The molecule has 98 valence electrons. The van der Waals surface area contributed by atoms with Crippen molar-refractivity contribution in [1.82, 2.24) is 0 Å². The number of carbonyl (C=O) groups is 1. The second-order valence-electron chi connectivity index (χ2n) is 3.74. The van der Waals surface area contributed by atoms with E-state index in [9.17, 15) is 22.4 Å². The highest BCUT2D eigenvalue weighted by Crippen LogP contribution is 2.29. The molecule has 0 atom stereocenters. The Morgan fingerprint density at radius 2 is 1.47 bits per heavy atom. The van der Waals surface area contributed by atoms with Crippen molar-refractivity contribution in [2.24, 2.45) is 0 Å². The minimum absolute atomic E-state index is 0.279. The minimum Gasteiger partial charge on any atom is -0.478 e. The SMILES string of the molecule is O=C(O)c1ccc(F)cc1-c1cc(F)c(F)cc1F. The Kier molecular flexibility index (Phi) is 3.25. The molecule has 0 aliphatic rings. The van der Waals surface area contributed by atoms with Gasteiger partial charge in [-0.2, -0.15) is 0 Å². The maximum absolute atomic E-state index is 13.6. The molecule has 0 fully saturated rings. The van der Waals surface area contributed by atoms with E-state index in [0.717, 1.165) is 18.2 Å². The molecule has 2 aromatic rings. The molecule has 0 saturated carbocycles. The summed E-state index contributed by atoms with van der Waals surface area (Å²) in [6, 6.07) is 3.32.